The summed E-state index contributed by atoms with van der Waals surface area (Å²) in [7, 11) is 1.69. The molecular weight excluding hydrogens is 254 g/mol. The van der Waals surface area contributed by atoms with Crippen LogP contribution in [0.2, 0.25) is 0 Å². The van der Waals surface area contributed by atoms with Gasteiger partial charge in [0.25, 0.3) is 0 Å². The molecule has 0 aromatic heterocycles. The molecule has 0 bridgehead atoms. The largest absolute Gasteiger partial charge is 0.497 e. The first-order valence-corrected chi connectivity index (χ1v) is 5.82. The van der Waals surface area contributed by atoms with Gasteiger partial charge in [-0.3, -0.25) is 0 Å². The highest BCUT2D eigenvalue weighted by atomic mass is 79.9. The molecule has 1 fully saturated rings. The van der Waals surface area contributed by atoms with Crippen LogP contribution in [0.3, 0.4) is 0 Å². The van der Waals surface area contributed by atoms with Crippen LogP contribution < -0.4 is 10.1 Å². The molecule has 0 aliphatic carbocycles. The van der Waals surface area contributed by atoms with Crippen molar-refractivity contribution < 1.29 is 4.74 Å². The molecule has 1 aromatic carbocycles. The second kappa shape index (κ2) is 4.81. The molecule has 1 aliphatic rings. The lowest BCUT2D eigenvalue weighted by Gasteiger charge is -2.04. The first kappa shape index (κ1) is 10.7. The van der Waals surface area contributed by atoms with Crippen LogP contribution in [0.5, 0.6) is 5.75 Å². The summed E-state index contributed by atoms with van der Waals surface area (Å²) in [5, 5.41) is 3.33. The number of nitrogens with one attached hydrogen (secondary N) is 1. The summed E-state index contributed by atoms with van der Waals surface area (Å²) in [6.45, 7) is 2.09. The Kier molecular flexibility index (Phi) is 3.44. The van der Waals surface area contributed by atoms with E-state index in [1.165, 1.54) is 11.1 Å². The predicted octanol–water partition coefficient (Wildman–Crippen LogP) is 2.83. The maximum Gasteiger partial charge on any atom is 0.119 e. The second-order valence-corrected chi connectivity index (χ2v) is 4.47. The van der Waals surface area contributed by atoms with Crippen molar-refractivity contribution in [2.24, 2.45) is 0 Å². The van der Waals surface area contributed by atoms with Gasteiger partial charge in [0.2, 0.25) is 0 Å². The number of halogens is 1. The Morgan fingerprint density at radius 1 is 1.47 bits per heavy atom. The molecule has 15 heavy (non-hydrogen) atoms. The maximum atomic E-state index is 5.21. The van der Waals surface area contributed by atoms with Crippen LogP contribution in [-0.2, 0) is 0 Å². The smallest absolute Gasteiger partial charge is 0.119 e. The molecule has 1 N–H and O–H groups in total. The van der Waals surface area contributed by atoms with Crippen molar-refractivity contribution >= 4 is 22.0 Å². The van der Waals surface area contributed by atoms with Crippen molar-refractivity contribution in [3.63, 3.8) is 0 Å². The highest BCUT2D eigenvalue weighted by molar-refractivity contribution is 9.10. The number of hydrogen-bond acceptors (Lipinski definition) is 2. The van der Waals surface area contributed by atoms with E-state index in [4.69, 9.17) is 4.74 Å². The molecule has 1 saturated heterocycles. The highest BCUT2D eigenvalue weighted by Crippen LogP contribution is 2.25. The van der Waals surface area contributed by atoms with Crippen LogP contribution in [0.25, 0.3) is 6.08 Å². The van der Waals surface area contributed by atoms with E-state index in [2.05, 4.69) is 33.4 Å². The molecular formula is C12H14BrNO. The van der Waals surface area contributed by atoms with Gasteiger partial charge in [-0.25, -0.2) is 0 Å². The zero-order valence-electron chi connectivity index (χ0n) is 8.72. The zero-order valence-corrected chi connectivity index (χ0v) is 10.3. The molecule has 1 aromatic rings. The van der Waals surface area contributed by atoms with Crippen molar-refractivity contribution in [1.29, 1.82) is 0 Å². The molecule has 80 valence electrons. The van der Waals surface area contributed by atoms with Gasteiger partial charge in [-0.1, -0.05) is 27.6 Å². The Labute approximate surface area is 98.5 Å². The van der Waals surface area contributed by atoms with E-state index in [9.17, 15) is 0 Å². The lowest BCUT2D eigenvalue weighted by molar-refractivity contribution is 0.414. The topological polar surface area (TPSA) is 21.3 Å². The maximum absolute atomic E-state index is 5.21. The number of benzene rings is 1. The van der Waals surface area contributed by atoms with Crippen molar-refractivity contribution in [3.8, 4) is 5.75 Å². The van der Waals surface area contributed by atoms with E-state index in [0.717, 1.165) is 29.7 Å². The summed E-state index contributed by atoms with van der Waals surface area (Å²) in [6.07, 6.45) is 3.37. The fourth-order valence-corrected chi connectivity index (χ4v) is 2.05. The third kappa shape index (κ3) is 2.61. The standard InChI is InChI=1S/C12H14BrNO/c1-15-11-2-3-12(13)10(7-11)6-9-4-5-14-8-9/h2-3,6-7,14H,4-5,8H2,1H3. The van der Waals surface area contributed by atoms with Gasteiger partial charge in [-0.15, -0.1) is 0 Å². The van der Waals surface area contributed by atoms with E-state index < -0.39 is 0 Å². The van der Waals surface area contributed by atoms with E-state index in [0.29, 0.717) is 0 Å². The second-order valence-electron chi connectivity index (χ2n) is 3.62. The normalized spacial score (nSPS) is 18.4. The van der Waals surface area contributed by atoms with Crippen LogP contribution in [0.15, 0.2) is 28.2 Å². The Morgan fingerprint density at radius 3 is 3.00 bits per heavy atom. The Hall–Kier alpha value is -0.800. The molecule has 0 unspecified atom stereocenters. The van der Waals surface area contributed by atoms with Crippen LogP contribution >= 0.6 is 15.9 Å². The van der Waals surface area contributed by atoms with E-state index >= 15 is 0 Å². The molecule has 0 saturated carbocycles. The van der Waals surface area contributed by atoms with Gasteiger partial charge in [0.1, 0.15) is 5.75 Å². The third-order valence-electron chi connectivity index (χ3n) is 2.54. The summed E-state index contributed by atoms with van der Waals surface area (Å²) in [6, 6.07) is 6.03. The van der Waals surface area contributed by atoms with Crippen LogP contribution in [0.4, 0.5) is 0 Å². The lowest BCUT2D eigenvalue weighted by Crippen LogP contribution is -2.04. The molecule has 0 amide bonds. The number of hydrogen-bond donors (Lipinski definition) is 1. The van der Waals surface area contributed by atoms with Crippen molar-refractivity contribution in [2.75, 3.05) is 20.2 Å². The molecule has 3 heteroatoms. The fourth-order valence-electron chi connectivity index (χ4n) is 1.69. The van der Waals surface area contributed by atoms with Gasteiger partial charge in [0.15, 0.2) is 0 Å². The summed E-state index contributed by atoms with van der Waals surface area (Å²) in [5.41, 5.74) is 2.64. The van der Waals surface area contributed by atoms with Gasteiger partial charge in [0, 0.05) is 11.0 Å². The average molecular weight is 268 g/mol. The van der Waals surface area contributed by atoms with Crippen LogP contribution in [0, 0.1) is 0 Å². The number of rotatable bonds is 2. The Bertz CT molecular complexity index is 379. The molecule has 0 spiro atoms. The molecule has 1 heterocycles. The van der Waals surface area contributed by atoms with E-state index in [1.54, 1.807) is 7.11 Å². The van der Waals surface area contributed by atoms with Crippen molar-refractivity contribution in [2.45, 2.75) is 6.42 Å². The fraction of sp³-hybridized carbons (Fsp3) is 0.333. The molecule has 1 aliphatic heterocycles. The van der Waals surface area contributed by atoms with Gasteiger partial charge >= 0.3 is 0 Å². The zero-order chi connectivity index (χ0) is 10.7. The number of methoxy groups -OCH3 is 1. The average Bonchev–Trinajstić information content (AvgIpc) is 2.74. The minimum Gasteiger partial charge on any atom is -0.497 e. The van der Waals surface area contributed by atoms with Gasteiger partial charge in [-0.2, -0.15) is 0 Å². The third-order valence-corrected chi connectivity index (χ3v) is 3.26. The lowest BCUT2D eigenvalue weighted by atomic mass is 10.1. The summed E-state index contributed by atoms with van der Waals surface area (Å²) in [4.78, 5) is 0. The molecule has 0 radical (unpaired) electrons. The summed E-state index contributed by atoms with van der Waals surface area (Å²) >= 11 is 3.55. The Morgan fingerprint density at radius 2 is 2.33 bits per heavy atom. The van der Waals surface area contributed by atoms with Gasteiger partial charge in [-0.05, 0) is 36.7 Å². The molecule has 2 nitrogen and oxygen atoms in total. The predicted molar refractivity (Wildman–Crippen MR) is 66.2 cm³/mol. The SMILES string of the molecule is COc1ccc(Br)c(C=C2CCNC2)c1. The molecule has 0 atom stereocenters. The minimum absolute atomic E-state index is 0.899. The van der Waals surface area contributed by atoms with E-state index in [1.807, 2.05) is 12.1 Å². The Balaban J connectivity index is 2.29. The highest BCUT2D eigenvalue weighted by Gasteiger charge is 2.07. The monoisotopic (exact) mass is 267 g/mol. The summed E-state index contributed by atoms with van der Waals surface area (Å²) in [5.74, 6) is 0.899. The van der Waals surface area contributed by atoms with E-state index in [-0.39, 0.29) is 0 Å². The number of ether oxygens (including phenoxy) is 1. The first-order chi connectivity index (χ1) is 7.29. The summed E-state index contributed by atoms with van der Waals surface area (Å²) < 4.78 is 6.32. The van der Waals surface area contributed by atoms with Crippen LogP contribution in [0.1, 0.15) is 12.0 Å². The quantitative estimate of drug-likeness (QED) is 0.890. The van der Waals surface area contributed by atoms with Crippen LogP contribution in [-0.4, -0.2) is 20.2 Å². The first-order valence-electron chi connectivity index (χ1n) is 5.03. The van der Waals surface area contributed by atoms with Gasteiger partial charge < -0.3 is 10.1 Å². The van der Waals surface area contributed by atoms with Crippen molar-refractivity contribution in [1.82, 2.24) is 5.32 Å². The van der Waals surface area contributed by atoms with Crippen molar-refractivity contribution in [3.05, 3.63) is 33.8 Å². The van der Waals surface area contributed by atoms with Gasteiger partial charge in [0.05, 0.1) is 7.11 Å². The molecule has 2 rings (SSSR count). The minimum atomic E-state index is 0.899.